The van der Waals surface area contributed by atoms with E-state index in [1.807, 2.05) is 30.3 Å². The molecule has 0 aliphatic heterocycles. The van der Waals surface area contributed by atoms with Gasteiger partial charge in [0.05, 0.1) is 4.92 Å². The molecule has 0 fully saturated rings. The summed E-state index contributed by atoms with van der Waals surface area (Å²) < 4.78 is 0. The summed E-state index contributed by atoms with van der Waals surface area (Å²) in [4.78, 5) is 20.3. The molecule has 7 heteroatoms. The van der Waals surface area contributed by atoms with E-state index in [-0.39, 0.29) is 17.3 Å². The lowest BCUT2D eigenvalue weighted by atomic mass is 10.2. The molecule has 0 saturated carbocycles. The summed E-state index contributed by atoms with van der Waals surface area (Å²) in [7, 11) is 3.41. The molecule has 0 aliphatic carbocycles. The molecule has 0 saturated heterocycles. The monoisotopic (exact) mass is 273 g/mol. The summed E-state index contributed by atoms with van der Waals surface area (Å²) in [6, 6.07) is 9.62. The topological polar surface area (TPSA) is 84.2 Å². The van der Waals surface area contributed by atoms with Crippen LogP contribution in [0.3, 0.4) is 0 Å². The smallest absolute Gasteiger partial charge is 0.353 e. The van der Waals surface area contributed by atoms with Gasteiger partial charge in [-0.3, -0.25) is 10.1 Å². The number of anilines is 2. The summed E-state index contributed by atoms with van der Waals surface area (Å²) in [5.41, 5.74) is 0.903. The third-order valence-electron chi connectivity index (χ3n) is 2.71. The summed E-state index contributed by atoms with van der Waals surface area (Å²) in [6.45, 7) is 0.464. The molecule has 0 amide bonds. The van der Waals surface area contributed by atoms with E-state index >= 15 is 0 Å². The fourth-order valence-corrected chi connectivity index (χ4v) is 1.78. The quantitative estimate of drug-likeness (QED) is 0.663. The molecule has 20 heavy (non-hydrogen) atoms. The molecule has 2 rings (SSSR count). The lowest BCUT2D eigenvalue weighted by molar-refractivity contribution is -0.383. The Kier molecular flexibility index (Phi) is 4.09. The van der Waals surface area contributed by atoms with Crippen molar-refractivity contribution in [2.75, 3.05) is 24.3 Å². The molecule has 0 spiro atoms. The molecular formula is C13H15N5O2. The average molecular weight is 273 g/mol. The Morgan fingerprint density at radius 2 is 1.95 bits per heavy atom. The molecule has 0 atom stereocenters. The first kappa shape index (κ1) is 13.7. The maximum Gasteiger partial charge on any atom is 0.353 e. The lowest BCUT2D eigenvalue weighted by Gasteiger charge is -2.13. The first-order valence-corrected chi connectivity index (χ1v) is 6.04. The van der Waals surface area contributed by atoms with E-state index in [2.05, 4.69) is 15.3 Å². The van der Waals surface area contributed by atoms with E-state index in [1.54, 1.807) is 19.0 Å². The molecule has 1 heterocycles. The first-order chi connectivity index (χ1) is 9.59. The zero-order chi connectivity index (χ0) is 14.5. The number of benzene rings is 1. The predicted molar refractivity (Wildman–Crippen MR) is 76.8 cm³/mol. The fraction of sp³-hybridized carbons (Fsp3) is 0.231. The highest BCUT2D eigenvalue weighted by atomic mass is 16.6. The fourth-order valence-electron chi connectivity index (χ4n) is 1.78. The number of nitrogens with one attached hydrogen (secondary N) is 1. The van der Waals surface area contributed by atoms with E-state index in [9.17, 15) is 10.1 Å². The van der Waals surface area contributed by atoms with Crippen LogP contribution in [0.5, 0.6) is 0 Å². The molecule has 7 nitrogen and oxygen atoms in total. The van der Waals surface area contributed by atoms with E-state index < -0.39 is 4.92 Å². The molecule has 1 N–H and O–H groups in total. The van der Waals surface area contributed by atoms with E-state index in [0.717, 1.165) is 5.56 Å². The Labute approximate surface area is 116 Å². The van der Waals surface area contributed by atoms with Gasteiger partial charge in [0.2, 0.25) is 11.6 Å². The second-order valence-electron chi connectivity index (χ2n) is 4.39. The summed E-state index contributed by atoms with van der Waals surface area (Å²) in [5.74, 6) is 0.498. The van der Waals surface area contributed by atoms with Crippen molar-refractivity contribution in [2.45, 2.75) is 6.54 Å². The Hall–Kier alpha value is -2.70. The van der Waals surface area contributed by atoms with Gasteiger partial charge in [-0.2, -0.15) is 0 Å². The summed E-state index contributed by atoms with van der Waals surface area (Å²) in [6.07, 6.45) is 1.32. The van der Waals surface area contributed by atoms with Crippen LogP contribution in [0.1, 0.15) is 5.56 Å². The number of nitrogens with zero attached hydrogens (tertiary/aromatic N) is 4. The number of nitro groups is 1. The molecule has 104 valence electrons. The zero-order valence-corrected chi connectivity index (χ0v) is 11.3. The van der Waals surface area contributed by atoms with Crippen LogP contribution < -0.4 is 10.2 Å². The van der Waals surface area contributed by atoms with E-state index in [4.69, 9.17) is 0 Å². The van der Waals surface area contributed by atoms with Gasteiger partial charge in [0.1, 0.15) is 6.33 Å². The van der Waals surface area contributed by atoms with Crippen LogP contribution in [0.2, 0.25) is 0 Å². The normalized spacial score (nSPS) is 10.1. The first-order valence-electron chi connectivity index (χ1n) is 6.04. The molecule has 0 unspecified atom stereocenters. The van der Waals surface area contributed by atoms with Crippen LogP contribution in [0.25, 0.3) is 0 Å². The zero-order valence-electron chi connectivity index (χ0n) is 11.3. The van der Waals surface area contributed by atoms with Gasteiger partial charge in [-0.15, -0.1) is 0 Å². The standard InChI is InChI=1S/C13H15N5O2/c1-17(2)13-11(18(19)20)12(15-9-16-13)14-8-10-6-4-3-5-7-10/h3-7,9H,8H2,1-2H3,(H,14,15,16). The third-order valence-corrected chi connectivity index (χ3v) is 2.71. The van der Waals surface area contributed by atoms with Crippen molar-refractivity contribution in [1.29, 1.82) is 0 Å². The van der Waals surface area contributed by atoms with Crippen molar-refractivity contribution in [2.24, 2.45) is 0 Å². The Morgan fingerprint density at radius 3 is 2.55 bits per heavy atom. The highest BCUT2D eigenvalue weighted by Gasteiger charge is 2.23. The highest BCUT2D eigenvalue weighted by Crippen LogP contribution is 2.30. The maximum absolute atomic E-state index is 11.2. The molecule has 0 radical (unpaired) electrons. The average Bonchev–Trinajstić information content (AvgIpc) is 2.45. The minimum Gasteiger partial charge on any atom is -0.360 e. The van der Waals surface area contributed by atoms with Crippen LogP contribution in [-0.4, -0.2) is 29.0 Å². The van der Waals surface area contributed by atoms with Crippen molar-refractivity contribution in [3.63, 3.8) is 0 Å². The largest absolute Gasteiger partial charge is 0.360 e. The van der Waals surface area contributed by atoms with Gasteiger partial charge in [-0.05, 0) is 5.56 Å². The Bertz CT molecular complexity index is 601. The van der Waals surface area contributed by atoms with Gasteiger partial charge in [-0.1, -0.05) is 30.3 Å². The van der Waals surface area contributed by atoms with Gasteiger partial charge < -0.3 is 10.2 Å². The van der Waals surface area contributed by atoms with Crippen molar-refractivity contribution in [3.05, 3.63) is 52.3 Å². The van der Waals surface area contributed by atoms with Crippen molar-refractivity contribution >= 4 is 17.3 Å². The second-order valence-corrected chi connectivity index (χ2v) is 4.39. The van der Waals surface area contributed by atoms with E-state index in [0.29, 0.717) is 6.54 Å². The van der Waals surface area contributed by atoms with Crippen molar-refractivity contribution in [3.8, 4) is 0 Å². The Balaban J connectivity index is 2.27. The maximum atomic E-state index is 11.2. The Morgan fingerprint density at radius 1 is 1.25 bits per heavy atom. The number of hydrogen-bond acceptors (Lipinski definition) is 6. The van der Waals surface area contributed by atoms with Crippen LogP contribution in [-0.2, 0) is 6.54 Å². The van der Waals surface area contributed by atoms with Crippen LogP contribution in [0.4, 0.5) is 17.3 Å². The van der Waals surface area contributed by atoms with Gasteiger partial charge >= 0.3 is 5.69 Å². The van der Waals surface area contributed by atoms with Gasteiger partial charge in [0.15, 0.2) is 0 Å². The van der Waals surface area contributed by atoms with E-state index in [1.165, 1.54) is 6.33 Å². The molecule has 0 bridgehead atoms. The number of hydrogen-bond donors (Lipinski definition) is 1. The minimum atomic E-state index is -0.470. The van der Waals surface area contributed by atoms with Crippen molar-refractivity contribution in [1.82, 2.24) is 9.97 Å². The summed E-state index contributed by atoms with van der Waals surface area (Å²) in [5, 5.41) is 14.2. The van der Waals surface area contributed by atoms with Crippen LogP contribution in [0.15, 0.2) is 36.7 Å². The van der Waals surface area contributed by atoms with Crippen LogP contribution >= 0.6 is 0 Å². The van der Waals surface area contributed by atoms with Crippen LogP contribution in [0, 0.1) is 10.1 Å². The molecule has 2 aromatic rings. The van der Waals surface area contributed by atoms with Gasteiger partial charge in [0, 0.05) is 20.6 Å². The minimum absolute atomic E-state index is 0.117. The second kappa shape index (κ2) is 5.96. The molecular weight excluding hydrogens is 258 g/mol. The predicted octanol–water partition coefficient (Wildman–Crippen LogP) is 2.06. The van der Waals surface area contributed by atoms with Gasteiger partial charge in [-0.25, -0.2) is 9.97 Å². The molecule has 0 aliphatic rings. The molecule has 1 aromatic carbocycles. The lowest BCUT2D eigenvalue weighted by Crippen LogP contribution is -2.15. The summed E-state index contributed by atoms with van der Waals surface area (Å²) >= 11 is 0. The van der Waals surface area contributed by atoms with Gasteiger partial charge in [0.25, 0.3) is 0 Å². The number of rotatable bonds is 5. The molecule has 1 aromatic heterocycles. The van der Waals surface area contributed by atoms with Crippen molar-refractivity contribution < 1.29 is 4.92 Å². The highest BCUT2D eigenvalue weighted by molar-refractivity contribution is 5.69. The number of aromatic nitrogens is 2. The SMILES string of the molecule is CN(C)c1ncnc(NCc2ccccc2)c1[N+](=O)[O-]. The third kappa shape index (κ3) is 3.00.